The van der Waals surface area contributed by atoms with Gasteiger partial charge < -0.3 is 10.6 Å². The smallest absolute Gasteiger partial charge is 0.229 e. The average molecular weight is 387 g/mol. The van der Waals surface area contributed by atoms with Crippen molar-refractivity contribution in [1.29, 1.82) is 0 Å². The Bertz CT molecular complexity index is 1060. The summed E-state index contributed by atoms with van der Waals surface area (Å²) in [4.78, 5) is 8.94. The summed E-state index contributed by atoms with van der Waals surface area (Å²) in [5.41, 5.74) is 8.15. The van der Waals surface area contributed by atoms with Gasteiger partial charge in [-0.05, 0) is 90.2 Å². The highest BCUT2D eigenvalue weighted by Gasteiger charge is 2.09. The fraction of sp³-hybridized carbons (Fsp3) is 0.130. The molecule has 0 aliphatic heterocycles. The van der Waals surface area contributed by atoms with Gasteiger partial charge in [-0.2, -0.15) is 16.3 Å². The summed E-state index contributed by atoms with van der Waals surface area (Å²) in [5.74, 6) is 1.33. The van der Waals surface area contributed by atoms with Crippen LogP contribution in [0.4, 0.5) is 23.1 Å². The number of rotatable bonds is 5. The third kappa shape index (κ3) is 4.05. The van der Waals surface area contributed by atoms with Crippen molar-refractivity contribution in [3.8, 4) is 11.1 Å². The molecule has 4 rings (SSSR count). The number of nitrogens with zero attached hydrogens (tertiary/aromatic N) is 2. The van der Waals surface area contributed by atoms with Gasteiger partial charge in [0, 0.05) is 17.6 Å². The zero-order valence-corrected chi connectivity index (χ0v) is 17.0. The molecule has 28 heavy (non-hydrogen) atoms. The first-order valence-corrected chi connectivity index (χ1v) is 10.1. The van der Waals surface area contributed by atoms with E-state index in [1.807, 2.05) is 18.2 Å². The Kier molecular flexibility index (Phi) is 5.08. The third-order valence-electron chi connectivity index (χ3n) is 4.60. The SMILES string of the molecule is Cc1ccc(Nc2nccc(Nc3c(C)cc(-c4ccsc4)cc3C)n2)cc1. The second kappa shape index (κ2) is 7.82. The summed E-state index contributed by atoms with van der Waals surface area (Å²) >= 11 is 1.72. The first-order chi connectivity index (χ1) is 13.6. The molecule has 0 aliphatic rings. The lowest BCUT2D eigenvalue weighted by Crippen LogP contribution is -2.02. The molecular weight excluding hydrogens is 364 g/mol. The molecule has 2 heterocycles. The summed E-state index contributed by atoms with van der Waals surface area (Å²) in [7, 11) is 0. The van der Waals surface area contributed by atoms with E-state index in [0.717, 1.165) is 17.2 Å². The maximum Gasteiger partial charge on any atom is 0.229 e. The molecule has 4 nitrogen and oxygen atoms in total. The molecule has 0 unspecified atom stereocenters. The summed E-state index contributed by atoms with van der Waals surface area (Å²) < 4.78 is 0. The van der Waals surface area contributed by atoms with Crippen LogP contribution in [-0.4, -0.2) is 9.97 Å². The van der Waals surface area contributed by atoms with Crippen LogP contribution in [0.25, 0.3) is 11.1 Å². The molecule has 0 saturated heterocycles. The minimum absolute atomic E-state index is 0.569. The Labute approximate surface area is 169 Å². The topological polar surface area (TPSA) is 49.8 Å². The molecule has 0 radical (unpaired) electrons. The molecule has 5 heteroatoms. The maximum absolute atomic E-state index is 4.61. The number of thiophene rings is 1. The van der Waals surface area contributed by atoms with E-state index in [1.165, 1.54) is 27.8 Å². The Morgan fingerprint density at radius 3 is 2.25 bits per heavy atom. The van der Waals surface area contributed by atoms with Crippen LogP contribution in [0.2, 0.25) is 0 Å². The van der Waals surface area contributed by atoms with E-state index in [1.54, 1.807) is 17.5 Å². The summed E-state index contributed by atoms with van der Waals surface area (Å²) in [5, 5.41) is 11.0. The lowest BCUT2D eigenvalue weighted by Gasteiger charge is -2.15. The van der Waals surface area contributed by atoms with Gasteiger partial charge in [-0.15, -0.1) is 0 Å². The molecule has 0 bridgehead atoms. The molecule has 0 aliphatic carbocycles. The van der Waals surface area contributed by atoms with Crippen LogP contribution in [0.5, 0.6) is 0 Å². The fourth-order valence-electron chi connectivity index (χ4n) is 3.14. The number of anilines is 4. The lowest BCUT2D eigenvalue weighted by atomic mass is 10.0. The Morgan fingerprint density at radius 1 is 0.821 bits per heavy atom. The zero-order chi connectivity index (χ0) is 19.5. The Hall–Kier alpha value is -3.18. The van der Waals surface area contributed by atoms with E-state index in [9.17, 15) is 0 Å². The van der Waals surface area contributed by atoms with Gasteiger partial charge in [-0.1, -0.05) is 17.7 Å². The predicted molar refractivity (Wildman–Crippen MR) is 119 cm³/mol. The van der Waals surface area contributed by atoms with E-state index in [0.29, 0.717) is 5.95 Å². The zero-order valence-electron chi connectivity index (χ0n) is 16.2. The van der Waals surface area contributed by atoms with Crippen molar-refractivity contribution >= 4 is 34.5 Å². The van der Waals surface area contributed by atoms with E-state index in [-0.39, 0.29) is 0 Å². The number of benzene rings is 2. The van der Waals surface area contributed by atoms with Crippen molar-refractivity contribution in [2.75, 3.05) is 10.6 Å². The molecule has 2 aromatic carbocycles. The quantitative estimate of drug-likeness (QED) is 0.405. The van der Waals surface area contributed by atoms with Crippen LogP contribution in [0, 0.1) is 20.8 Å². The largest absolute Gasteiger partial charge is 0.340 e. The number of nitrogens with one attached hydrogen (secondary N) is 2. The monoisotopic (exact) mass is 386 g/mol. The van der Waals surface area contributed by atoms with Crippen molar-refractivity contribution in [2.45, 2.75) is 20.8 Å². The average Bonchev–Trinajstić information content (AvgIpc) is 3.22. The predicted octanol–water partition coefficient (Wildman–Crippen LogP) is 6.62. The highest BCUT2D eigenvalue weighted by atomic mass is 32.1. The van der Waals surface area contributed by atoms with Gasteiger partial charge >= 0.3 is 0 Å². The van der Waals surface area contributed by atoms with Crippen molar-refractivity contribution < 1.29 is 0 Å². The summed E-state index contributed by atoms with van der Waals surface area (Å²) in [6, 6.07) is 16.6. The normalized spacial score (nSPS) is 10.7. The lowest BCUT2D eigenvalue weighted by molar-refractivity contribution is 1.16. The van der Waals surface area contributed by atoms with Crippen molar-refractivity contribution in [2.24, 2.45) is 0 Å². The minimum atomic E-state index is 0.569. The van der Waals surface area contributed by atoms with Crippen LogP contribution >= 0.6 is 11.3 Å². The second-order valence-electron chi connectivity index (χ2n) is 6.88. The van der Waals surface area contributed by atoms with E-state index in [4.69, 9.17) is 0 Å². The van der Waals surface area contributed by atoms with Gasteiger partial charge in [-0.3, -0.25) is 0 Å². The van der Waals surface area contributed by atoms with Crippen molar-refractivity contribution in [1.82, 2.24) is 9.97 Å². The molecule has 0 atom stereocenters. The second-order valence-corrected chi connectivity index (χ2v) is 7.66. The molecule has 0 fully saturated rings. The number of hydrogen-bond acceptors (Lipinski definition) is 5. The molecular formula is C23H22N4S. The van der Waals surface area contributed by atoms with Crippen molar-refractivity contribution in [3.63, 3.8) is 0 Å². The molecule has 2 aromatic heterocycles. The molecule has 0 amide bonds. The van der Waals surface area contributed by atoms with Crippen LogP contribution < -0.4 is 10.6 Å². The maximum atomic E-state index is 4.61. The number of aromatic nitrogens is 2. The number of hydrogen-bond donors (Lipinski definition) is 2. The molecule has 2 N–H and O–H groups in total. The van der Waals surface area contributed by atoms with E-state index >= 15 is 0 Å². The third-order valence-corrected chi connectivity index (χ3v) is 5.29. The van der Waals surface area contributed by atoms with Gasteiger partial charge in [0.2, 0.25) is 5.95 Å². The fourth-order valence-corrected chi connectivity index (χ4v) is 3.80. The molecule has 140 valence electrons. The first-order valence-electron chi connectivity index (χ1n) is 9.16. The highest BCUT2D eigenvalue weighted by molar-refractivity contribution is 7.08. The van der Waals surface area contributed by atoms with Crippen LogP contribution in [0.15, 0.2) is 65.5 Å². The molecule has 0 spiro atoms. The van der Waals surface area contributed by atoms with E-state index < -0.39 is 0 Å². The van der Waals surface area contributed by atoms with Crippen LogP contribution in [-0.2, 0) is 0 Å². The first kappa shape index (κ1) is 18.2. The molecule has 4 aromatic rings. The van der Waals surface area contributed by atoms with Crippen molar-refractivity contribution in [3.05, 3.63) is 82.2 Å². The van der Waals surface area contributed by atoms with Gasteiger partial charge in [0.15, 0.2) is 0 Å². The van der Waals surface area contributed by atoms with Gasteiger partial charge in [0.05, 0.1) is 0 Å². The van der Waals surface area contributed by atoms with Gasteiger partial charge in [-0.25, -0.2) is 4.98 Å². The van der Waals surface area contributed by atoms with Crippen LogP contribution in [0.1, 0.15) is 16.7 Å². The minimum Gasteiger partial charge on any atom is -0.340 e. The summed E-state index contributed by atoms with van der Waals surface area (Å²) in [6.07, 6.45) is 1.76. The van der Waals surface area contributed by atoms with Crippen LogP contribution in [0.3, 0.4) is 0 Å². The Balaban J connectivity index is 1.57. The van der Waals surface area contributed by atoms with E-state index in [2.05, 4.69) is 82.5 Å². The van der Waals surface area contributed by atoms with Gasteiger partial charge in [0.1, 0.15) is 5.82 Å². The Morgan fingerprint density at radius 2 is 1.57 bits per heavy atom. The number of aryl methyl sites for hydroxylation is 3. The standard InChI is InChI=1S/C23H22N4S/c1-15-4-6-20(7-5-15)25-23-24-10-8-21(27-23)26-22-16(2)12-19(13-17(22)3)18-9-11-28-14-18/h4-14H,1-3H3,(H2,24,25,26,27). The highest BCUT2D eigenvalue weighted by Crippen LogP contribution is 2.31. The summed E-state index contributed by atoms with van der Waals surface area (Å²) in [6.45, 7) is 6.31. The van der Waals surface area contributed by atoms with Gasteiger partial charge in [0.25, 0.3) is 0 Å². The molecule has 0 saturated carbocycles.